The number of ether oxygens (including phenoxy) is 1. The summed E-state index contributed by atoms with van der Waals surface area (Å²) >= 11 is 0. The Morgan fingerprint density at radius 2 is 1.88 bits per heavy atom. The Hall–Kier alpha value is -2.21. The molecule has 3 rings (SSSR count). The standard InChI is InChI=1S/C18H25N5O/c1-14(2)18-19-8-7-16(21-18)23-11-9-22(10-12-23)13-15-5-4-6-17(20-15)24-3/h4-8,14H,9-13H2,1-3H3. The monoisotopic (exact) mass is 327 g/mol. The van der Waals surface area contributed by atoms with E-state index in [-0.39, 0.29) is 0 Å². The van der Waals surface area contributed by atoms with Crippen molar-refractivity contribution in [1.82, 2.24) is 19.9 Å². The first-order valence-corrected chi connectivity index (χ1v) is 8.46. The van der Waals surface area contributed by atoms with E-state index in [9.17, 15) is 0 Å². The van der Waals surface area contributed by atoms with Crippen LogP contribution < -0.4 is 9.64 Å². The molecule has 0 aliphatic carbocycles. The molecule has 2 aromatic heterocycles. The van der Waals surface area contributed by atoms with E-state index in [1.54, 1.807) is 7.11 Å². The summed E-state index contributed by atoms with van der Waals surface area (Å²) in [5.74, 6) is 2.97. The number of aromatic nitrogens is 3. The summed E-state index contributed by atoms with van der Waals surface area (Å²) in [4.78, 5) is 18.3. The van der Waals surface area contributed by atoms with Gasteiger partial charge in [0, 0.05) is 50.9 Å². The van der Waals surface area contributed by atoms with Gasteiger partial charge in [0.15, 0.2) is 0 Å². The molecule has 0 saturated carbocycles. The maximum absolute atomic E-state index is 5.20. The maximum atomic E-state index is 5.20. The van der Waals surface area contributed by atoms with Gasteiger partial charge in [-0.25, -0.2) is 15.0 Å². The van der Waals surface area contributed by atoms with Crippen LogP contribution >= 0.6 is 0 Å². The molecule has 0 aromatic carbocycles. The van der Waals surface area contributed by atoms with Crippen LogP contribution in [0.3, 0.4) is 0 Å². The van der Waals surface area contributed by atoms with Gasteiger partial charge < -0.3 is 9.64 Å². The fourth-order valence-electron chi connectivity index (χ4n) is 2.84. The summed E-state index contributed by atoms with van der Waals surface area (Å²) in [6.45, 7) is 9.04. The molecule has 0 bridgehead atoms. The van der Waals surface area contributed by atoms with Crippen molar-refractivity contribution in [2.24, 2.45) is 0 Å². The molecule has 6 nitrogen and oxygen atoms in total. The third-order valence-corrected chi connectivity index (χ3v) is 4.25. The maximum Gasteiger partial charge on any atom is 0.213 e. The van der Waals surface area contributed by atoms with E-state index in [1.165, 1.54) is 0 Å². The minimum atomic E-state index is 0.352. The third-order valence-electron chi connectivity index (χ3n) is 4.25. The van der Waals surface area contributed by atoms with Gasteiger partial charge in [0.25, 0.3) is 0 Å². The zero-order valence-electron chi connectivity index (χ0n) is 14.6. The Kier molecular flexibility index (Phi) is 5.25. The van der Waals surface area contributed by atoms with Gasteiger partial charge >= 0.3 is 0 Å². The molecular weight excluding hydrogens is 302 g/mol. The first-order chi connectivity index (χ1) is 11.7. The van der Waals surface area contributed by atoms with Crippen LogP contribution in [-0.4, -0.2) is 53.1 Å². The van der Waals surface area contributed by atoms with Crippen LogP contribution in [0, 0.1) is 0 Å². The van der Waals surface area contributed by atoms with Crippen LogP contribution in [0.1, 0.15) is 31.3 Å². The Balaban J connectivity index is 1.58. The van der Waals surface area contributed by atoms with Gasteiger partial charge in [-0.3, -0.25) is 4.90 Å². The van der Waals surface area contributed by atoms with Crippen molar-refractivity contribution in [3.63, 3.8) is 0 Å². The number of methoxy groups -OCH3 is 1. The minimum absolute atomic E-state index is 0.352. The van der Waals surface area contributed by atoms with Crippen LogP contribution in [0.4, 0.5) is 5.82 Å². The highest BCUT2D eigenvalue weighted by Gasteiger charge is 2.19. The second-order valence-corrected chi connectivity index (χ2v) is 6.36. The molecule has 1 aliphatic heterocycles. The molecule has 1 saturated heterocycles. The quantitative estimate of drug-likeness (QED) is 0.840. The predicted octanol–water partition coefficient (Wildman–Crippen LogP) is 2.33. The van der Waals surface area contributed by atoms with Gasteiger partial charge in [0.05, 0.1) is 12.8 Å². The van der Waals surface area contributed by atoms with E-state index >= 15 is 0 Å². The number of hydrogen-bond donors (Lipinski definition) is 0. The zero-order chi connectivity index (χ0) is 16.9. The highest BCUT2D eigenvalue weighted by molar-refractivity contribution is 5.38. The molecule has 3 heterocycles. The van der Waals surface area contributed by atoms with Crippen molar-refractivity contribution in [2.45, 2.75) is 26.3 Å². The number of pyridine rings is 1. The summed E-state index contributed by atoms with van der Waals surface area (Å²) in [6, 6.07) is 7.92. The van der Waals surface area contributed by atoms with Crippen LogP contribution in [0.2, 0.25) is 0 Å². The number of nitrogens with zero attached hydrogens (tertiary/aromatic N) is 5. The lowest BCUT2D eigenvalue weighted by atomic mass is 10.2. The Bertz CT molecular complexity index is 668. The number of anilines is 1. The minimum Gasteiger partial charge on any atom is -0.481 e. The van der Waals surface area contributed by atoms with E-state index < -0.39 is 0 Å². The summed E-state index contributed by atoms with van der Waals surface area (Å²) < 4.78 is 5.20. The van der Waals surface area contributed by atoms with Crippen LogP contribution in [0.15, 0.2) is 30.5 Å². The van der Waals surface area contributed by atoms with Gasteiger partial charge in [0.1, 0.15) is 11.6 Å². The van der Waals surface area contributed by atoms with E-state index in [4.69, 9.17) is 9.72 Å². The van der Waals surface area contributed by atoms with Crippen molar-refractivity contribution >= 4 is 5.82 Å². The summed E-state index contributed by atoms with van der Waals surface area (Å²) in [5.41, 5.74) is 1.05. The molecule has 24 heavy (non-hydrogen) atoms. The van der Waals surface area contributed by atoms with E-state index in [0.717, 1.165) is 50.1 Å². The Labute approximate surface area is 143 Å². The fraction of sp³-hybridized carbons (Fsp3) is 0.500. The molecule has 1 aliphatic rings. The average molecular weight is 327 g/mol. The normalized spacial score (nSPS) is 15.8. The Morgan fingerprint density at radius 3 is 2.58 bits per heavy atom. The molecule has 0 amide bonds. The molecule has 128 valence electrons. The summed E-state index contributed by atoms with van der Waals surface area (Å²) in [7, 11) is 1.65. The molecule has 0 unspecified atom stereocenters. The molecule has 6 heteroatoms. The van der Waals surface area contributed by atoms with Crippen LogP contribution in [0.5, 0.6) is 5.88 Å². The molecular formula is C18H25N5O. The SMILES string of the molecule is COc1cccc(CN2CCN(c3ccnc(C(C)C)n3)CC2)n1. The topological polar surface area (TPSA) is 54.4 Å². The molecule has 0 atom stereocenters. The van der Waals surface area contributed by atoms with Crippen molar-refractivity contribution in [2.75, 3.05) is 38.2 Å². The first-order valence-electron chi connectivity index (χ1n) is 8.46. The molecule has 0 radical (unpaired) electrons. The van der Waals surface area contributed by atoms with Crippen molar-refractivity contribution < 1.29 is 4.74 Å². The number of piperazine rings is 1. The number of rotatable bonds is 5. The predicted molar refractivity (Wildman–Crippen MR) is 94.4 cm³/mol. The van der Waals surface area contributed by atoms with Gasteiger partial charge in [-0.05, 0) is 12.1 Å². The highest BCUT2D eigenvalue weighted by Crippen LogP contribution is 2.17. The zero-order valence-corrected chi connectivity index (χ0v) is 14.6. The number of hydrogen-bond acceptors (Lipinski definition) is 6. The lowest BCUT2D eigenvalue weighted by molar-refractivity contribution is 0.245. The van der Waals surface area contributed by atoms with Crippen molar-refractivity contribution in [1.29, 1.82) is 0 Å². The smallest absolute Gasteiger partial charge is 0.213 e. The van der Waals surface area contributed by atoms with Gasteiger partial charge in [-0.1, -0.05) is 19.9 Å². The fourth-order valence-corrected chi connectivity index (χ4v) is 2.84. The lowest BCUT2D eigenvalue weighted by Crippen LogP contribution is -2.46. The van der Waals surface area contributed by atoms with E-state index in [1.807, 2.05) is 30.5 Å². The molecule has 0 spiro atoms. The van der Waals surface area contributed by atoms with Crippen LogP contribution in [0.25, 0.3) is 0 Å². The Morgan fingerprint density at radius 1 is 1.08 bits per heavy atom. The second-order valence-electron chi connectivity index (χ2n) is 6.36. The van der Waals surface area contributed by atoms with Crippen molar-refractivity contribution in [3.05, 3.63) is 42.0 Å². The van der Waals surface area contributed by atoms with Gasteiger partial charge in [0.2, 0.25) is 5.88 Å². The van der Waals surface area contributed by atoms with Crippen LogP contribution in [-0.2, 0) is 6.54 Å². The second kappa shape index (κ2) is 7.57. The lowest BCUT2D eigenvalue weighted by Gasteiger charge is -2.35. The van der Waals surface area contributed by atoms with Crippen molar-refractivity contribution in [3.8, 4) is 5.88 Å². The highest BCUT2D eigenvalue weighted by atomic mass is 16.5. The molecule has 1 fully saturated rings. The largest absolute Gasteiger partial charge is 0.481 e. The van der Waals surface area contributed by atoms with Gasteiger partial charge in [-0.2, -0.15) is 0 Å². The average Bonchev–Trinajstić information content (AvgIpc) is 2.62. The van der Waals surface area contributed by atoms with E-state index in [2.05, 4.69) is 33.6 Å². The first kappa shape index (κ1) is 16.6. The third kappa shape index (κ3) is 4.00. The van der Waals surface area contributed by atoms with Gasteiger partial charge in [-0.15, -0.1) is 0 Å². The molecule has 0 N–H and O–H groups in total. The molecule has 2 aromatic rings. The summed E-state index contributed by atoms with van der Waals surface area (Å²) in [5, 5.41) is 0. The van der Waals surface area contributed by atoms with E-state index in [0.29, 0.717) is 11.8 Å². The summed E-state index contributed by atoms with van der Waals surface area (Å²) in [6.07, 6.45) is 1.87.